The molecule has 0 saturated heterocycles. The zero-order valence-electron chi connectivity index (χ0n) is 40.5. The number of hydrogen-bond donors (Lipinski definition) is 0. The highest BCUT2D eigenvalue weighted by Gasteiger charge is 2.30. The third-order valence-electron chi connectivity index (χ3n) is 15.3. The van der Waals surface area contributed by atoms with Gasteiger partial charge in [-0.05, 0) is 57.0 Å². The van der Waals surface area contributed by atoms with E-state index in [9.17, 15) is 0 Å². The van der Waals surface area contributed by atoms with Gasteiger partial charge in [0.2, 0.25) is 0 Å². The van der Waals surface area contributed by atoms with E-state index in [4.69, 9.17) is 0 Å². The van der Waals surface area contributed by atoms with Gasteiger partial charge >= 0.3 is 0 Å². The monoisotopic (exact) mass is 765 g/mol. The minimum atomic E-state index is 0.0328. The molecule has 0 N–H and O–H groups in total. The average Bonchev–Trinajstić information content (AvgIpc) is 3.74. The van der Waals surface area contributed by atoms with Gasteiger partial charge in [-0.2, -0.15) is 0 Å². The summed E-state index contributed by atoms with van der Waals surface area (Å²) in [6, 6.07) is 18.7. The third-order valence-corrected chi connectivity index (χ3v) is 15.3. The number of fused-ring (bicyclic) bond motifs is 6. The fraction of sp³-hybridized carbons (Fsp3) is 0.182. The van der Waals surface area contributed by atoms with Gasteiger partial charge in [-0.1, -0.05) is 142 Å². The smallest absolute Gasteiger partial charge is 0.141 e. The van der Waals surface area contributed by atoms with Crippen LogP contribution in [0.15, 0.2) is 48.5 Å². The van der Waals surface area contributed by atoms with Gasteiger partial charge in [0, 0.05) is 44.2 Å². The summed E-state index contributed by atoms with van der Waals surface area (Å²) >= 11 is 0. The van der Waals surface area contributed by atoms with Crippen LogP contribution in [0.2, 0.25) is 0 Å². The maximum atomic E-state index is 2.61. The third kappa shape index (κ3) is 5.88. The van der Waals surface area contributed by atoms with Crippen molar-refractivity contribution in [3.8, 4) is 22.5 Å². The second kappa shape index (κ2) is 14.2. The summed E-state index contributed by atoms with van der Waals surface area (Å²) in [4.78, 5) is 0. The van der Waals surface area contributed by atoms with Gasteiger partial charge < -0.3 is 9.13 Å². The molecule has 0 saturated carbocycles. The normalized spacial score (nSPS) is 12.4. The summed E-state index contributed by atoms with van der Waals surface area (Å²) in [5.74, 6) is 0. The van der Waals surface area contributed by atoms with E-state index in [0.717, 1.165) is 0 Å². The van der Waals surface area contributed by atoms with Crippen LogP contribution >= 0.6 is 0 Å². The molecule has 0 atom stereocenters. The topological polar surface area (TPSA) is 9.86 Å². The van der Waals surface area contributed by atoms with E-state index in [1.165, 1.54) is 154 Å². The summed E-state index contributed by atoms with van der Waals surface area (Å²) < 4.78 is 5.22. The van der Waals surface area contributed by atoms with Crippen molar-refractivity contribution in [1.29, 1.82) is 0 Å². The minimum absolute atomic E-state index is 0.0328. The predicted molar refractivity (Wildman–Crippen MR) is 312 cm³/mol. The van der Waals surface area contributed by atoms with Crippen LogP contribution in [0.5, 0.6) is 0 Å². The molecule has 60 heavy (non-hydrogen) atoms. The van der Waals surface area contributed by atoms with Gasteiger partial charge in [0.15, 0.2) is 0 Å². The van der Waals surface area contributed by atoms with Crippen LogP contribution in [0.3, 0.4) is 0 Å². The molecule has 0 bridgehead atoms. The summed E-state index contributed by atoms with van der Waals surface area (Å²) in [5.41, 5.74) is 32.7. The van der Waals surface area contributed by atoms with Gasteiger partial charge in [-0.25, -0.2) is 0 Å². The molecule has 2 nitrogen and oxygen atoms in total. The Morgan fingerprint density at radius 1 is 0.317 bits per heavy atom. The number of hydrogen-bond acceptors (Lipinski definition) is 0. The zero-order chi connectivity index (χ0) is 44.0. The highest BCUT2D eigenvalue weighted by Crippen LogP contribution is 2.34. The second-order valence-electron chi connectivity index (χ2n) is 20.7. The lowest BCUT2D eigenvalue weighted by atomic mass is 9.63. The Balaban J connectivity index is 1.44. The summed E-state index contributed by atoms with van der Waals surface area (Å²) in [7, 11) is 32.7. The lowest BCUT2D eigenvalue weighted by molar-refractivity contribution is 0.598. The maximum absolute atomic E-state index is 2.61. The fourth-order valence-electron chi connectivity index (χ4n) is 11.8. The van der Waals surface area contributed by atoms with Crippen LogP contribution in [0, 0.1) is 0 Å². The van der Waals surface area contributed by atoms with Gasteiger partial charge in [0.05, 0.1) is 0 Å². The van der Waals surface area contributed by atoms with Crippen molar-refractivity contribution in [2.75, 3.05) is 0 Å². The molecular formula is C44H54B14N2. The zero-order valence-corrected chi connectivity index (χ0v) is 40.5. The van der Waals surface area contributed by atoms with Crippen molar-refractivity contribution in [3.05, 3.63) is 59.7 Å². The first-order valence-corrected chi connectivity index (χ1v) is 22.2. The first kappa shape index (κ1) is 42.5. The molecule has 0 fully saturated rings. The van der Waals surface area contributed by atoms with Crippen molar-refractivity contribution >= 4 is 230 Å². The number of nitrogens with zero attached hydrogens (tertiary/aromatic N) is 2. The molecule has 0 spiro atoms. The summed E-state index contributed by atoms with van der Waals surface area (Å²) in [5, 5.41) is 5.63. The minimum Gasteiger partial charge on any atom is -0.310 e. The van der Waals surface area contributed by atoms with Crippen LogP contribution < -0.4 is 76.5 Å². The second-order valence-corrected chi connectivity index (χ2v) is 20.7. The van der Waals surface area contributed by atoms with Crippen LogP contribution in [-0.4, -0.2) is 119 Å². The molecule has 8 aromatic rings. The Hall–Kier alpha value is -4.17. The van der Waals surface area contributed by atoms with Gasteiger partial charge in [0.25, 0.3) is 0 Å². The Bertz CT molecular complexity index is 3000. The van der Waals surface area contributed by atoms with E-state index in [-0.39, 0.29) is 10.8 Å². The quantitative estimate of drug-likeness (QED) is 0.159. The van der Waals surface area contributed by atoms with E-state index in [2.05, 4.69) is 209 Å². The molecule has 2 aromatic heterocycles. The number of aromatic nitrogens is 2. The Morgan fingerprint density at radius 2 is 0.583 bits per heavy atom. The van der Waals surface area contributed by atoms with Gasteiger partial charge in [-0.15, -0.1) is 10.9 Å². The van der Waals surface area contributed by atoms with Gasteiger partial charge in [-0.3, -0.25) is 0 Å². The maximum Gasteiger partial charge on any atom is 0.141 e. The average molecular weight is 762 g/mol. The molecule has 0 aliphatic rings. The molecule has 282 valence electrons. The Kier molecular flexibility index (Phi) is 10.1. The Morgan fingerprint density at radius 3 is 0.883 bits per heavy atom. The van der Waals surface area contributed by atoms with Crippen LogP contribution in [-0.2, 0) is 10.8 Å². The van der Waals surface area contributed by atoms with E-state index in [1.54, 1.807) is 0 Å². The van der Waals surface area contributed by atoms with Crippen molar-refractivity contribution in [2.45, 2.75) is 52.4 Å². The van der Waals surface area contributed by atoms with E-state index in [1.807, 2.05) is 0 Å². The van der Waals surface area contributed by atoms with Crippen molar-refractivity contribution < 1.29 is 0 Å². The summed E-state index contributed by atoms with van der Waals surface area (Å²) in [6.07, 6.45) is 0. The van der Waals surface area contributed by atoms with E-state index >= 15 is 0 Å². The molecule has 0 unspecified atom stereocenters. The number of benzene rings is 6. The molecule has 0 amide bonds. The Labute approximate surface area is 371 Å². The predicted octanol–water partition coefficient (Wildman–Crippen LogP) is -12.2. The first-order valence-electron chi connectivity index (χ1n) is 22.2. The van der Waals surface area contributed by atoms with Crippen molar-refractivity contribution in [2.24, 2.45) is 0 Å². The highest BCUT2D eigenvalue weighted by molar-refractivity contribution is 6.70. The molecule has 16 heteroatoms. The first-order chi connectivity index (χ1) is 27.9. The molecule has 6 aromatic carbocycles. The largest absolute Gasteiger partial charge is 0.310 e. The molecule has 8 rings (SSSR count). The van der Waals surface area contributed by atoms with Crippen LogP contribution in [0.25, 0.3) is 66.1 Å². The molecule has 2 heterocycles. The SMILES string of the molecule is Bc1c(B)c(B)c2c(c1B)c1c(B)c(C(C)(C)C)c(B)c(B)c1n2-c1cccc(-c2cccc(-n3c4c(B)c(B)c(B)c(B)c4c4c(B)c(C(C)(C)C)c(B)c(B)c43)c2)c1. The molecule has 0 aliphatic carbocycles. The molecular weight excluding hydrogens is 708 g/mol. The van der Waals surface area contributed by atoms with Crippen LogP contribution in [0.4, 0.5) is 0 Å². The molecule has 0 aliphatic heterocycles. The highest BCUT2D eigenvalue weighted by atomic mass is 15.0. The van der Waals surface area contributed by atoms with Gasteiger partial charge in [0.1, 0.15) is 110 Å². The number of rotatable bonds is 3. The lowest BCUT2D eigenvalue weighted by Crippen LogP contribution is -2.48. The van der Waals surface area contributed by atoms with Crippen molar-refractivity contribution in [1.82, 2.24) is 9.13 Å². The standard InChI is InChI=1S/C44H54B14N2/c1-43(2,3)23-25(45)19-21-27(47)31(51)33(53)37(57)41(21)59(39(19)35(55)29(23)49)17-11-7-9-15(13-17)16-10-8-12-18(14-16)60-40-20(22-28(48)32(52)34(54)38(58)42(22)60)26(46)24(44(4,5)6)30(50)36(40)56/h7-14H,45-58H2,1-6H3. The van der Waals surface area contributed by atoms with Crippen molar-refractivity contribution in [3.63, 3.8) is 0 Å². The summed E-state index contributed by atoms with van der Waals surface area (Å²) in [6.45, 7) is 14.2. The van der Waals surface area contributed by atoms with E-state index in [0.29, 0.717) is 0 Å². The van der Waals surface area contributed by atoms with Crippen LogP contribution in [0.1, 0.15) is 52.7 Å². The lowest BCUT2D eigenvalue weighted by Gasteiger charge is -2.28. The van der Waals surface area contributed by atoms with E-state index < -0.39 is 0 Å². The fourth-order valence-corrected chi connectivity index (χ4v) is 11.8. The molecule has 0 radical (unpaired) electrons.